The van der Waals surface area contributed by atoms with Gasteiger partial charge in [-0.2, -0.15) is 0 Å². The number of carbonyl (C=O) groups is 3. The van der Waals surface area contributed by atoms with E-state index in [1.165, 1.54) is 0 Å². The lowest BCUT2D eigenvalue weighted by Gasteiger charge is -2.34. The largest absolute Gasteiger partial charge is 0.495 e. The number of benzene rings is 1. The standard InChI is InChI=1S/C21H27N5O5S/c1-30-14-3-4-15(31-2)20-19(14)23-21(32-20)25-11-9-24(10-12-25)8-7-22-16(27)13-26-17(28)5-6-18(26)29/h3-4H,5-13H2,1-2H3,(H,22,27). The van der Waals surface area contributed by atoms with Gasteiger partial charge in [-0.25, -0.2) is 4.98 Å². The van der Waals surface area contributed by atoms with Crippen LogP contribution < -0.4 is 19.7 Å². The highest BCUT2D eigenvalue weighted by molar-refractivity contribution is 7.22. The number of amides is 3. The van der Waals surface area contributed by atoms with Crippen LogP contribution in [0.3, 0.4) is 0 Å². The van der Waals surface area contributed by atoms with E-state index in [0.29, 0.717) is 13.1 Å². The number of nitrogens with one attached hydrogen (secondary N) is 1. The minimum atomic E-state index is -0.301. The molecule has 32 heavy (non-hydrogen) atoms. The highest BCUT2D eigenvalue weighted by Gasteiger charge is 2.30. The first-order valence-corrected chi connectivity index (χ1v) is 11.4. The number of imide groups is 1. The van der Waals surface area contributed by atoms with Crippen LogP contribution in [-0.2, 0) is 14.4 Å². The highest BCUT2D eigenvalue weighted by atomic mass is 32.1. The quantitative estimate of drug-likeness (QED) is 0.573. The molecule has 11 heteroatoms. The van der Waals surface area contributed by atoms with Crippen LogP contribution in [0.2, 0.25) is 0 Å². The summed E-state index contributed by atoms with van der Waals surface area (Å²) in [7, 11) is 3.29. The second-order valence-electron chi connectivity index (χ2n) is 7.70. The number of thiazole rings is 1. The number of nitrogens with zero attached hydrogens (tertiary/aromatic N) is 4. The number of methoxy groups -OCH3 is 2. The fourth-order valence-electron chi connectivity index (χ4n) is 3.92. The van der Waals surface area contributed by atoms with E-state index in [2.05, 4.69) is 15.1 Å². The van der Waals surface area contributed by atoms with Crippen molar-refractivity contribution < 1.29 is 23.9 Å². The molecule has 2 aliphatic heterocycles. The van der Waals surface area contributed by atoms with E-state index in [1.54, 1.807) is 25.6 Å². The first-order valence-electron chi connectivity index (χ1n) is 10.6. The van der Waals surface area contributed by atoms with Gasteiger partial charge in [-0.1, -0.05) is 11.3 Å². The third kappa shape index (κ3) is 4.63. The van der Waals surface area contributed by atoms with Crippen molar-refractivity contribution in [2.24, 2.45) is 0 Å². The van der Waals surface area contributed by atoms with Crippen molar-refractivity contribution in [1.29, 1.82) is 0 Å². The molecule has 2 aromatic rings. The summed E-state index contributed by atoms with van der Waals surface area (Å²) >= 11 is 1.60. The molecule has 0 saturated carbocycles. The van der Waals surface area contributed by atoms with Crippen molar-refractivity contribution in [1.82, 2.24) is 20.1 Å². The molecule has 1 N–H and O–H groups in total. The van der Waals surface area contributed by atoms with Crippen LogP contribution in [-0.4, -0.2) is 92.5 Å². The van der Waals surface area contributed by atoms with E-state index < -0.39 is 0 Å². The van der Waals surface area contributed by atoms with Crippen LogP contribution in [0, 0.1) is 0 Å². The second kappa shape index (κ2) is 9.70. The average molecular weight is 462 g/mol. The van der Waals surface area contributed by atoms with Crippen molar-refractivity contribution >= 4 is 44.4 Å². The number of likely N-dealkylation sites (tertiary alicyclic amines) is 1. The van der Waals surface area contributed by atoms with Gasteiger partial charge in [-0.15, -0.1) is 0 Å². The number of anilines is 1. The number of aromatic nitrogens is 1. The maximum absolute atomic E-state index is 12.0. The van der Waals surface area contributed by atoms with Crippen LogP contribution >= 0.6 is 11.3 Å². The summed E-state index contributed by atoms with van der Waals surface area (Å²) < 4.78 is 11.9. The molecule has 1 aromatic heterocycles. The Hall–Kier alpha value is -2.92. The predicted molar refractivity (Wildman–Crippen MR) is 120 cm³/mol. The Morgan fingerprint density at radius 2 is 1.72 bits per heavy atom. The van der Waals surface area contributed by atoms with Gasteiger partial charge in [0.1, 0.15) is 28.3 Å². The normalized spacial score (nSPS) is 17.3. The van der Waals surface area contributed by atoms with Gasteiger partial charge in [0.25, 0.3) is 0 Å². The van der Waals surface area contributed by atoms with E-state index in [1.807, 2.05) is 12.1 Å². The Morgan fingerprint density at radius 3 is 2.38 bits per heavy atom. The topological polar surface area (TPSA) is 104 Å². The van der Waals surface area contributed by atoms with Gasteiger partial charge in [0.2, 0.25) is 17.7 Å². The fraction of sp³-hybridized carbons (Fsp3) is 0.524. The van der Waals surface area contributed by atoms with E-state index >= 15 is 0 Å². The van der Waals surface area contributed by atoms with Crippen LogP contribution in [0.15, 0.2) is 12.1 Å². The number of piperazine rings is 1. The van der Waals surface area contributed by atoms with Gasteiger partial charge in [0.15, 0.2) is 5.13 Å². The van der Waals surface area contributed by atoms with Crippen molar-refractivity contribution in [2.75, 3.05) is 64.9 Å². The van der Waals surface area contributed by atoms with Gasteiger partial charge in [0.05, 0.1) is 14.2 Å². The van der Waals surface area contributed by atoms with Crippen molar-refractivity contribution in [3.05, 3.63) is 12.1 Å². The van der Waals surface area contributed by atoms with Crippen molar-refractivity contribution in [2.45, 2.75) is 12.8 Å². The molecule has 0 spiro atoms. The maximum atomic E-state index is 12.0. The molecular weight excluding hydrogens is 434 g/mol. The molecule has 0 atom stereocenters. The third-order valence-corrected chi connectivity index (χ3v) is 6.88. The minimum absolute atomic E-state index is 0.185. The van der Waals surface area contributed by atoms with Crippen molar-refractivity contribution in [3.8, 4) is 11.5 Å². The number of hydrogen-bond acceptors (Lipinski definition) is 9. The SMILES string of the molecule is COc1ccc(OC)c2sc(N3CCN(CCNC(=O)CN4C(=O)CCC4=O)CC3)nc12. The van der Waals surface area contributed by atoms with Gasteiger partial charge in [-0.3, -0.25) is 24.2 Å². The Kier molecular flexibility index (Phi) is 6.75. The Morgan fingerprint density at radius 1 is 1.06 bits per heavy atom. The van der Waals surface area contributed by atoms with Gasteiger partial charge >= 0.3 is 0 Å². The molecule has 2 aliphatic rings. The molecule has 10 nitrogen and oxygen atoms in total. The number of ether oxygens (including phenoxy) is 2. The van der Waals surface area contributed by atoms with Crippen LogP contribution in [0.1, 0.15) is 12.8 Å². The molecule has 1 aromatic carbocycles. The molecule has 3 heterocycles. The zero-order valence-corrected chi connectivity index (χ0v) is 19.1. The zero-order chi connectivity index (χ0) is 22.7. The number of hydrogen-bond donors (Lipinski definition) is 1. The van der Waals surface area contributed by atoms with Gasteiger partial charge in [0, 0.05) is 52.1 Å². The fourth-order valence-corrected chi connectivity index (χ4v) is 5.05. The third-order valence-electron chi connectivity index (χ3n) is 5.75. The molecule has 2 saturated heterocycles. The number of rotatable bonds is 8. The minimum Gasteiger partial charge on any atom is -0.495 e. The summed E-state index contributed by atoms with van der Waals surface area (Å²) in [6.45, 7) is 4.36. The first kappa shape index (κ1) is 22.3. The Balaban J connectivity index is 1.26. The maximum Gasteiger partial charge on any atom is 0.240 e. The van der Waals surface area contributed by atoms with E-state index in [9.17, 15) is 14.4 Å². The number of carbonyl (C=O) groups excluding carboxylic acids is 3. The average Bonchev–Trinajstić information content (AvgIpc) is 3.38. The Labute approximate surface area is 190 Å². The monoisotopic (exact) mass is 461 g/mol. The summed E-state index contributed by atoms with van der Waals surface area (Å²) in [5.74, 6) is 0.675. The molecular formula is C21H27N5O5S. The van der Waals surface area contributed by atoms with Gasteiger partial charge in [-0.05, 0) is 12.1 Å². The summed E-state index contributed by atoms with van der Waals surface area (Å²) in [4.78, 5) is 45.6. The van der Waals surface area contributed by atoms with Crippen LogP contribution in [0.5, 0.6) is 11.5 Å². The molecule has 0 aliphatic carbocycles. The van der Waals surface area contributed by atoms with Gasteiger partial charge < -0.3 is 19.7 Å². The molecule has 2 fully saturated rings. The lowest BCUT2D eigenvalue weighted by Crippen LogP contribution is -2.49. The molecule has 0 unspecified atom stereocenters. The zero-order valence-electron chi connectivity index (χ0n) is 18.3. The van der Waals surface area contributed by atoms with Crippen molar-refractivity contribution in [3.63, 3.8) is 0 Å². The van der Waals surface area contributed by atoms with Crippen LogP contribution in [0.25, 0.3) is 10.2 Å². The Bertz CT molecular complexity index is 960. The molecule has 0 radical (unpaired) electrons. The van der Waals surface area contributed by atoms with E-state index in [-0.39, 0.29) is 37.1 Å². The highest BCUT2D eigenvalue weighted by Crippen LogP contribution is 2.40. The summed E-state index contributed by atoms with van der Waals surface area (Å²) in [5.41, 5.74) is 0.812. The first-order chi connectivity index (χ1) is 15.5. The summed E-state index contributed by atoms with van der Waals surface area (Å²) in [6, 6.07) is 3.76. The summed E-state index contributed by atoms with van der Waals surface area (Å²) in [6.07, 6.45) is 0.398. The summed E-state index contributed by atoms with van der Waals surface area (Å²) in [5, 5.41) is 3.75. The molecule has 4 rings (SSSR count). The predicted octanol–water partition coefficient (Wildman–Crippen LogP) is 0.701. The van der Waals surface area contributed by atoms with E-state index in [4.69, 9.17) is 14.5 Å². The second-order valence-corrected chi connectivity index (χ2v) is 8.67. The molecule has 3 amide bonds. The molecule has 0 bridgehead atoms. The lowest BCUT2D eigenvalue weighted by atomic mass is 10.3. The number of fused-ring (bicyclic) bond motifs is 1. The molecule has 172 valence electrons. The van der Waals surface area contributed by atoms with Crippen LogP contribution in [0.4, 0.5) is 5.13 Å². The lowest BCUT2D eigenvalue weighted by molar-refractivity contribution is -0.142. The van der Waals surface area contributed by atoms with E-state index in [0.717, 1.165) is 57.9 Å². The smallest absolute Gasteiger partial charge is 0.240 e.